The molecule has 0 aliphatic heterocycles. The number of carbonyl (C=O) groups is 1. The zero-order valence-corrected chi connectivity index (χ0v) is 8.69. The van der Waals surface area contributed by atoms with Crippen LogP contribution in [-0.4, -0.2) is 16.1 Å². The van der Waals surface area contributed by atoms with Gasteiger partial charge in [-0.15, -0.1) is 11.6 Å². The zero-order chi connectivity index (χ0) is 11.6. The Morgan fingerprint density at radius 1 is 1.60 bits per heavy atom. The van der Waals surface area contributed by atoms with Gasteiger partial charge >= 0.3 is 5.97 Å². The molecule has 1 heterocycles. The number of hydrogen-bond donors (Lipinski definition) is 1. The smallest absolute Gasteiger partial charge is 0.354 e. The maximum absolute atomic E-state index is 12.4. The van der Waals surface area contributed by atoms with Gasteiger partial charge in [-0.05, 0) is 11.6 Å². The number of nitrogens with zero attached hydrogens (tertiary/aromatic N) is 1. The monoisotopic (exact) mass is 255 g/mol. The largest absolute Gasteiger partial charge is 0.477 e. The minimum Gasteiger partial charge on any atom is -0.477 e. The lowest BCUT2D eigenvalue weighted by Crippen LogP contribution is -2.06. The number of alkyl halides is 3. The van der Waals surface area contributed by atoms with Crippen LogP contribution in [0.5, 0.6) is 0 Å². The third-order valence-electron chi connectivity index (χ3n) is 1.63. The minimum atomic E-state index is -2.93. The molecule has 0 aliphatic rings. The lowest BCUT2D eigenvalue weighted by Gasteiger charge is -2.07. The zero-order valence-electron chi connectivity index (χ0n) is 7.18. The minimum absolute atomic E-state index is 0.126. The topological polar surface area (TPSA) is 50.2 Å². The Hall–Kier alpha value is -0.940. The molecule has 0 atom stereocenters. The van der Waals surface area contributed by atoms with E-state index in [9.17, 15) is 13.6 Å². The number of carboxylic acids is 1. The quantitative estimate of drug-likeness (QED) is 0.845. The summed E-state index contributed by atoms with van der Waals surface area (Å²) in [6, 6.07) is 1.07. The van der Waals surface area contributed by atoms with Crippen molar-refractivity contribution in [3.63, 3.8) is 0 Å². The second-order valence-corrected chi connectivity index (χ2v) is 3.25. The third kappa shape index (κ3) is 2.54. The van der Waals surface area contributed by atoms with Crippen LogP contribution in [0.4, 0.5) is 8.78 Å². The van der Waals surface area contributed by atoms with E-state index in [1.54, 1.807) is 0 Å². The van der Waals surface area contributed by atoms with Gasteiger partial charge in [0.2, 0.25) is 0 Å². The molecule has 0 radical (unpaired) electrons. The van der Waals surface area contributed by atoms with Crippen LogP contribution in [0.15, 0.2) is 6.07 Å². The molecule has 15 heavy (non-hydrogen) atoms. The standard InChI is InChI=1S/C8H5Cl2F2NO2/c9-2-3-1-4(8(14)15)13-6(5(3)10)7(11)12/h1,7H,2H2,(H,14,15). The van der Waals surface area contributed by atoms with Gasteiger partial charge in [-0.25, -0.2) is 18.6 Å². The summed E-state index contributed by atoms with van der Waals surface area (Å²) in [5.41, 5.74) is -1.13. The van der Waals surface area contributed by atoms with Crippen LogP contribution >= 0.6 is 23.2 Å². The first kappa shape index (κ1) is 12.1. The van der Waals surface area contributed by atoms with Crippen molar-refractivity contribution in [2.24, 2.45) is 0 Å². The Morgan fingerprint density at radius 2 is 2.20 bits per heavy atom. The predicted octanol–water partition coefficient (Wildman–Crippen LogP) is 3.11. The van der Waals surface area contributed by atoms with Gasteiger partial charge in [-0.3, -0.25) is 0 Å². The molecule has 0 aliphatic carbocycles. The normalized spacial score (nSPS) is 10.7. The van der Waals surface area contributed by atoms with E-state index in [2.05, 4.69) is 4.98 Å². The van der Waals surface area contributed by atoms with E-state index in [0.717, 1.165) is 6.07 Å². The number of pyridine rings is 1. The summed E-state index contributed by atoms with van der Waals surface area (Å²) in [4.78, 5) is 13.8. The molecule has 1 aromatic rings. The Kier molecular flexibility index (Phi) is 3.82. The highest BCUT2D eigenvalue weighted by molar-refractivity contribution is 6.33. The van der Waals surface area contributed by atoms with E-state index in [0.29, 0.717) is 0 Å². The summed E-state index contributed by atoms with van der Waals surface area (Å²) in [5, 5.41) is 8.32. The first-order chi connectivity index (χ1) is 6.97. The summed E-state index contributed by atoms with van der Waals surface area (Å²) < 4.78 is 24.8. The number of aromatic nitrogens is 1. The van der Waals surface area contributed by atoms with Gasteiger partial charge in [0.05, 0.1) is 5.02 Å². The summed E-state index contributed by atoms with van der Waals surface area (Å²) in [5.74, 6) is -1.55. The number of carboxylic acid groups (broad SMARTS) is 1. The molecule has 3 nitrogen and oxygen atoms in total. The fourth-order valence-corrected chi connectivity index (χ4v) is 1.48. The molecule has 7 heteroatoms. The molecule has 0 saturated carbocycles. The van der Waals surface area contributed by atoms with Crippen LogP contribution in [0, 0.1) is 0 Å². The van der Waals surface area contributed by atoms with Crippen molar-refractivity contribution in [3.8, 4) is 0 Å². The van der Waals surface area contributed by atoms with Crippen LogP contribution in [0.2, 0.25) is 5.02 Å². The highest BCUT2D eigenvalue weighted by atomic mass is 35.5. The van der Waals surface area contributed by atoms with E-state index >= 15 is 0 Å². The van der Waals surface area contributed by atoms with E-state index < -0.39 is 23.8 Å². The van der Waals surface area contributed by atoms with Crippen molar-refractivity contribution >= 4 is 29.2 Å². The molecule has 0 spiro atoms. The van der Waals surface area contributed by atoms with Gasteiger partial charge in [-0.1, -0.05) is 11.6 Å². The highest BCUT2D eigenvalue weighted by Crippen LogP contribution is 2.29. The second kappa shape index (κ2) is 4.72. The lowest BCUT2D eigenvalue weighted by atomic mass is 10.2. The van der Waals surface area contributed by atoms with E-state index in [1.807, 2.05) is 0 Å². The van der Waals surface area contributed by atoms with Crippen LogP contribution in [-0.2, 0) is 5.88 Å². The molecule has 0 amide bonds. The van der Waals surface area contributed by atoms with Crippen molar-refractivity contribution in [1.82, 2.24) is 4.98 Å². The molecule has 82 valence electrons. The van der Waals surface area contributed by atoms with Crippen molar-refractivity contribution < 1.29 is 18.7 Å². The Balaban J connectivity index is 3.38. The van der Waals surface area contributed by atoms with Crippen LogP contribution < -0.4 is 0 Å². The summed E-state index contributed by atoms with van der Waals surface area (Å²) in [6.07, 6.45) is -2.93. The molecule has 1 aromatic heterocycles. The average Bonchev–Trinajstić information content (AvgIpc) is 2.17. The lowest BCUT2D eigenvalue weighted by molar-refractivity contribution is 0.0688. The molecular weight excluding hydrogens is 251 g/mol. The van der Waals surface area contributed by atoms with Gasteiger partial charge in [0.15, 0.2) is 0 Å². The molecule has 0 fully saturated rings. The summed E-state index contributed by atoms with van der Waals surface area (Å²) in [6.45, 7) is 0. The maximum atomic E-state index is 12.4. The third-order valence-corrected chi connectivity index (χ3v) is 2.35. The van der Waals surface area contributed by atoms with Crippen molar-refractivity contribution in [2.75, 3.05) is 0 Å². The van der Waals surface area contributed by atoms with Crippen LogP contribution in [0.25, 0.3) is 0 Å². The molecule has 0 unspecified atom stereocenters. The highest BCUT2D eigenvalue weighted by Gasteiger charge is 2.20. The SMILES string of the molecule is O=C(O)c1cc(CCl)c(Cl)c(C(F)F)n1. The molecule has 1 rings (SSSR count). The van der Waals surface area contributed by atoms with Gasteiger partial charge in [0.1, 0.15) is 11.4 Å². The van der Waals surface area contributed by atoms with Gasteiger partial charge < -0.3 is 5.11 Å². The molecule has 0 saturated heterocycles. The summed E-state index contributed by atoms with van der Waals surface area (Å²) >= 11 is 11.0. The molecule has 0 aromatic carbocycles. The van der Waals surface area contributed by atoms with E-state index in [1.165, 1.54) is 0 Å². The average molecular weight is 256 g/mol. The Morgan fingerprint density at radius 3 is 2.60 bits per heavy atom. The van der Waals surface area contributed by atoms with Gasteiger partial charge in [0.25, 0.3) is 6.43 Å². The van der Waals surface area contributed by atoms with Gasteiger partial charge in [0, 0.05) is 5.88 Å². The van der Waals surface area contributed by atoms with Crippen molar-refractivity contribution in [3.05, 3.63) is 28.0 Å². The van der Waals surface area contributed by atoms with Crippen molar-refractivity contribution in [2.45, 2.75) is 12.3 Å². The number of hydrogen-bond acceptors (Lipinski definition) is 2. The maximum Gasteiger partial charge on any atom is 0.354 e. The van der Waals surface area contributed by atoms with E-state index in [4.69, 9.17) is 28.3 Å². The van der Waals surface area contributed by atoms with Gasteiger partial charge in [-0.2, -0.15) is 0 Å². The molecule has 1 N–H and O–H groups in total. The number of halogens is 4. The summed E-state index contributed by atoms with van der Waals surface area (Å²) in [7, 11) is 0. The van der Waals surface area contributed by atoms with Crippen molar-refractivity contribution in [1.29, 1.82) is 0 Å². The fraction of sp³-hybridized carbons (Fsp3) is 0.250. The molecular formula is C8H5Cl2F2NO2. The second-order valence-electron chi connectivity index (χ2n) is 2.61. The van der Waals surface area contributed by atoms with E-state index in [-0.39, 0.29) is 16.5 Å². The predicted molar refractivity (Wildman–Crippen MR) is 50.7 cm³/mol. The Bertz CT molecular complexity index is 398. The Labute approximate surface area is 93.6 Å². The fourth-order valence-electron chi connectivity index (χ4n) is 0.955. The van der Waals surface area contributed by atoms with Crippen LogP contribution in [0.3, 0.4) is 0 Å². The number of rotatable bonds is 3. The van der Waals surface area contributed by atoms with Crippen LogP contribution in [0.1, 0.15) is 28.2 Å². The first-order valence-corrected chi connectivity index (χ1v) is 4.65. The first-order valence-electron chi connectivity index (χ1n) is 3.74. The molecule has 0 bridgehead atoms. The number of aromatic carboxylic acids is 1.